The first kappa shape index (κ1) is 23.3. The molecule has 0 aromatic heterocycles. The van der Waals surface area contributed by atoms with Gasteiger partial charge in [-0.25, -0.2) is 0 Å². The maximum atomic E-state index is 12.9. The highest BCUT2D eigenvalue weighted by Crippen LogP contribution is 2.37. The van der Waals surface area contributed by atoms with E-state index in [-0.39, 0.29) is 5.91 Å². The van der Waals surface area contributed by atoms with Crippen molar-refractivity contribution >= 4 is 34.8 Å². The molecule has 2 aromatic rings. The number of hydrogen-bond acceptors (Lipinski definition) is 5. The van der Waals surface area contributed by atoms with Crippen LogP contribution in [0.25, 0.3) is 0 Å². The van der Waals surface area contributed by atoms with Gasteiger partial charge >= 0.3 is 0 Å². The highest BCUT2D eigenvalue weighted by atomic mass is 35.5. The molecule has 0 atom stereocenters. The Morgan fingerprint density at radius 2 is 1.80 bits per heavy atom. The van der Waals surface area contributed by atoms with Crippen molar-refractivity contribution in [2.45, 2.75) is 33.6 Å². The molecule has 0 aliphatic rings. The maximum Gasteiger partial charge on any atom is 0.255 e. The van der Waals surface area contributed by atoms with Gasteiger partial charge in [0.25, 0.3) is 5.91 Å². The fourth-order valence-corrected chi connectivity index (χ4v) is 2.97. The molecule has 0 spiro atoms. The summed E-state index contributed by atoms with van der Waals surface area (Å²) < 4.78 is 16.7. The predicted octanol–water partition coefficient (Wildman–Crippen LogP) is 5.14. The monoisotopic (exact) mass is 434 g/mol. The molecule has 0 bridgehead atoms. The molecule has 0 aliphatic heterocycles. The summed E-state index contributed by atoms with van der Waals surface area (Å²) in [4.78, 5) is 24.2. The van der Waals surface area contributed by atoms with E-state index < -0.39 is 5.91 Å². The number of rotatable bonds is 10. The summed E-state index contributed by atoms with van der Waals surface area (Å²) in [5, 5.41) is 5.76. The van der Waals surface area contributed by atoms with Gasteiger partial charge in [0, 0.05) is 18.2 Å². The maximum absolute atomic E-state index is 12.9. The second kappa shape index (κ2) is 11.3. The second-order valence-corrected chi connectivity index (χ2v) is 6.88. The largest absolute Gasteiger partial charge is 0.495 e. The van der Waals surface area contributed by atoms with Crippen molar-refractivity contribution in [3.63, 3.8) is 0 Å². The number of unbranched alkanes of at least 4 members (excludes halogenated alkanes) is 1. The first-order valence-electron chi connectivity index (χ1n) is 9.75. The summed E-state index contributed by atoms with van der Waals surface area (Å²) in [5.41, 5.74) is 1.25. The minimum Gasteiger partial charge on any atom is -0.495 e. The fourth-order valence-electron chi connectivity index (χ4n) is 2.70. The number of ether oxygens (including phenoxy) is 3. The highest BCUT2D eigenvalue weighted by Gasteiger charge is 2.18. The molecule has 0 saturated heterocycles. The van der Waals surface area contributed by atoms with E-state index in [4.69, 9.17) is 25.8 Å². The number of carbonyl (C=O) groups excluding carboxylic acids is 2. The standard InChI is InChI=1S/C22H27ClN2O5/c1-5-7-10-30-21-17(23)11-15(12-20(21)29-6-2)22(27)25-18-13-16(24-14(3)26)8-9-19(18)28-4/h8-9,11-13H,5-7,10H2,1-4H3,(H,24,26)(H,25,27). The van der Waals surface area contributed by atoms with Crippen LogP contribution in [0.15, 0.2) is 30.3 Å². The first-order chi connectivity index (χ1) is 14.4. The van der Waals surface area contributed by atoms with Gasteiger partial charge in [-0.1, -0.05) is 24.9 Å². The normalized spacial score (nSPS) is 10.3. The van der Waals surface area contributed by atoms with E-state index in [1.807, 2.05) is 6.92 Å². The Balaban J connectivity index is 2.31. The number of nitrogens with one attached hydrogen (secondary N) is 2. The third kappa shape index (κ3) is 6.29. The van der Waals surface area contributed by atoms with Gasteiger partial charge in [0.15, 0.2) is 11.5 Å². The number of anilines is 2. The Hall–Kier alpha value is -2.93. The fraction of sp³-hybridized carbons (Fsp3) is 0.364. The lowest BCUT2D eigenvalue weighted by Gasteiger charge is -2.16. The van der Waals surface area contributed by atoms with Gasteiger partial charge in [0.1, 0.15) is 5.75 Å². The number of methoxy groups -OCH3 is 1. The molecule has 0 saturated carbocycles. The molecular formula is C22H27ClN2O5. The van der Waals surface area contributed by atoms with E-state index in [0.717, 1.165) is 12.8 Å². The van der Waals surface area contributed by atoms with Gasteiger partial charge in [-0.2, -0.15) is 0 Å². The molecule has 162 valence electrons. The number of carbonyl (C=O) groups is 2. The van der Waals surface area contributed by atoms with Crippen LogP contribution in [-0.4, -0.2) is 32.1 Å². The zero-order valence-electron chi connectivity index (χ0n) is 17.6. The van der Waals surface area contributed by atoms with Crippen LogP contribution >= 0.6 is 11.6 Å². The Kier molecular flexibility index (Phi) is 8.80. The van der Waals surface area contributed by atoms with E-state index in [1.54, 1.807) is 24.3 Å². The van der Waals surface area contributed by atoms with Crippen molar-refractivity contribution in [3.8, 4) is 17.2 Å². The Morgan fingerprint density at radius 1 is 1.03 bits per heavy atom. The van der Waals surface area contributed by atoms with Gasteiger partial charge in [-0.3, -0.25) is 9.59 Å². The zero-order chi connectivity index (χ0) is 22.1. The van der Waals surface area contributed by atoms with E-state index >= 15 is 0 Å². The molecule has 0 radical (unpaired) electrons. The topological polar surface area (TPSA) is 85.9 Å². The lowest BCUT2D eigenvalue weighted by molar-refractivity contribution is -0.114. The summed E-state index contributed by atoms with van der Waals surface area (Å²) >= 11 is 6.38. The lowest BCUT2D eigenvalue weighted by Crippen LogP contribution is -2.14. The molecule has 2 amide bonds. The molecular weight excluding hydrogens is 408 g/mol. The minimum absolute atomic E-state index is 0.218. The molecule has 2 aromatic carbocycles. The highest BCUT2D eigenvalue weighted by molar-refractivity contribution is 6.32. The number of hydrogen-bond donors (Lipinski definition) is 2. The van der Waals surface area contributed by atoms with Crippen molar-refractivity contribution in [3.05, 3.63) is 40.9 Å². The lowest BCUT2D eigenvalue weighted by atomic mass is 10.1. The van der Waals surface area contributed by atoms with Crippen molar-refractivity contribution in [2.75, 3.05) is 31.0 Å². The van der Waals surface area contributed by atoms with Crippen LogP contribution in [0.5, 0.6) is 17.2 Å². The average Bonchev–Trinajstić information content (AvgIpc) is 2.69. The zero-order valence-corrected chi connectivity index (χ0v) is 18.4. The van der Waals surface area contributed by atoms with E-state index in [2.05, 4.69) is 17.6 Å². The minimum atomic E-state index is -0.406. The van der Waals surface area contributed by atoms with Crippen LogP contribution in [-0.2, 0) is 4.79 Å². The van der Waals surface area contributed by atoms with Crippen LogP contribution in [0.2, 0.25) is 5.02 Å². The summed E-state index contributed by atoms with van der Waals surface area (Å²) in [6, 6.07) is 8.08. The van der Waals surface area contributed by atoms with Crippen molar-refractivity contribution in [1.82, 2.24) is 0 Å². The molecule has 0 heterocycles. The van der Waals surface area contributed by atoms with E-state index in [1.165, 1.54) is 20.1 Å². The summed E-state index contributed by atoms with van der Waals surface area (Å²) in [6.07, 6.45) is 1.87. The summed E-state index contributed by atoms with van der Waals surface area (Å²) in [5.74, 6) is 0.660. The van der Waals surface area contributed by atoms with E-state index in [9.17, 15) is 9.59 Å². The Morgan fingerprint density at radius 3 is 2.43 bits per heavy atom. The Labute approximate surface area is 181 Å². The van der Waals surface area contributed by atoms with Crippen molar-refractivity contribution in [2.24, 2.45) is 0 Å². The molecule has 2 rings (SSSR count). The smallest absolute Gasteiger partial charge is 0.255 e. The SMILES string of the molecule is CCCCOc1c(Cl)cc(C(=O)Nc2cc(NC(C)=O)ccc2OC)cc1OCC. The molecule has 2 N–H and O–H groups in total. The molecule has 8 heteroatoms. The summed E-state index contributed by atoms with van der Waals surface area (Å²) in [7, 11) is 1.50. The third-order valence-corrected chi connectivity index (χ3v) is 4.36. The molecule has 0 aliphatic carbocycles. The van der Waals surface area contributed by atoms with Gasteiger partial charge in [-0.05, 0) is 43.7 Å². The van der Waals surface area contributed by atoms with Crippen LogP contribution in [0.3, 0.4) is 0 Å². The van der Waals surface area contributed by atoms with Crippen molar-refractivity contribution < 1.29 is 23.8 Å². The van der Waals surface area contributed by atoms with E-state index in [0.29, 0.717) is 52.4 Å². The number of halogens is 1. The average molecular weight is 435 g/mol. The third-order valence-electron chi connectivity index (χ3n) is 4.08. The van der Waals surface area contributed by atoms with Gasteiger partial charge in [-0.15, -0.1) is 0 Å². The van der Waals surface area contributed by atoms with Gasteiger partial charge < -0.3 is 24.8 Å². The van der Waals surface area contributed by atoms with Crippen molar-refractivity contribution in [1.29, 1.82) is 0 Å². The van der Waals surface area contributed by atoms with Crippen LogP contribution < -0.4 is 24.8 Å². The van der Waals surface area contributed by atoms with Gasteiger partial charge in [0.05, 0.1) is 31.0 Å². The summed E-state index contributed by atoms with van der Waals surface area (Å²) in [6.45, 7) is 6.23. The van der Waals surface area contributed by atoms with Crippen LogP contribution in [0, 0.1) is 0 Å². The molecule has 30 heavy (non-hydrogen) atoms. The quantitative estimate of drug-likeness (QED) is 0.506. The first-order valence-corrected chi connectivity index (χ1v) is 10.1. The molecule has 0 unspecified atom stereocenters. The van der Waals surface area contributed by atoms with Gasteiger partial charge in [0.2, 0.25) is 5.91 Å². The van der Waals surface area contributed by atoms with Crippen LogP contribution in [0.1, 0.15) is 44.0 Å². The molecule has 0 fully saturated rings. The van der Waals surface area contributed by atoms with Crippen LogP contribution in [0.4, 0.5) is 11.4 Å². The predicted molar refractivity (Wildman–Crippen MR) is 118 cm³/mol. The second-order valence-electron chi connectivity index (χ2n) is 6.47. The Bertz CT molecular complexity index is 901. The number of benzene rings is 2. The molecule has 7 nitrogen and oxygen atoms in total. The number of amides is 2.